The first kappa shape index (κ1) is 21.9. The number of cyclic esters (lactones) is 1. The number of aryl methyl sites for hydroxylation is 2. The van der Waals surface area contributed by atoms with Crippen LogP contribution in [0.15, 0.2) is 36.4 Å². The van der Waals surface area contributed by atoms with Crippen LogP contribution in [-0.2, 0) is 4.74 Å². The Morgan fingerprint density at radius 2 is 1.97 bits per heavy atom. The molecule has 2 N–H and O–H groups in total. The number of nitrogens with one attached hydrogen (secondary N) is 2. The molecule has 2 aliphatic heterocycles. The molecule has 0 radical (unpaired) electrons. The SMILES string of the molecule is Cc1cc(-c2sc(NC(=O)N3CC4(CCOC(=O)N4)C3)nc2-c2cccc(C#N)c2)cc(C)n1. The van der Waals surface area contributed by atoms with Crippen molar-refractivity contribution >= 4 is 28.6 Å². The van der Waals surface area contributed by atoms with Gasteiger partial charge < -0.3 is 15.0 Å². The van der Waals surface area contributed by atoms with E-state index in [9.17, 15) is 14.9 Å². The number of carbonyl (C=O) groups is 2. The van der Waals surface area contributed by atoms with Gasteiger partial charge in [-0.05, 0) is 43.7 Å². The molecule has 0 unspecified atom stereocenters. The van der Waals surface area contributed by atoms with Crippen molar-refractivity contribution in [2.45, 2.75) is 25.8 Å². The number of pyridine rings is 1. The van der Waals surface area contributed by atoms with E-state index in [0.717, 1.165) is 27.4 Å². The van der Waals surface area contributed by atoms with Crippen LogP contribution in [0.25, 0.3) is 21.7 Å². The number of nitrogens with zero attached hydrogens (tertiary/aromatic N) is 4. The van der Waals surface area contributed by atoms with E-state index in [-0.39, 0.29) is 6.03 Å². The van der Waals surface area contributed by atoms with E-state index in [1.54, 1.807) is 17.0 Å². The summed E-state index contributed by atoms with van der Waals surface area (Å²) in [7, 11) is 0. The lowest BCUT2D eigenvalue weighted by Crippen LogP contribution is -2.73. The number of ether oxygens (including phenoxy) is 1. The van der Waals surface area contributed by atoms with Gasteiger partial charge in [0, 0.05) is 36.5 Å². The number of amides is 3. The molecular weight excluding hydrogens is 452 g/mol. The maximum atomic E-state index is 12.9. The molecule has 0 bridgehead atoms. The monoisotopic (exact) mass is 474 g/mol. The van der Waals surface area contributed by atoms with Crippen molar-refractivity contribution in [2.24, 2.45) is 0 Å². The molecule has 0 saturated carbocycles. The highest BCUT2D eigenvalue weighted by atomic mass is 32.1. The van der Waals surface area contributed by atoms with Crippen LogP contribution in [0.2, 0.25) is 0 Å². The zero-order chi connectivity index (χ0) is 23.9. The maximum absolute atomic E-state index is 12.9. The maximum Gasteiger partial charge on any atom is 0.407 e. The first-order valence-electron chi connectivity index (χ1n) is 10.8. The quantitative estimate of drug-likeness (QED) is 0.590. The Labute approximate surface area is 200 Å². The number of urea groups is 1. The van der Waals surface area contributed by atoms with Gasteiger partial charge in [-0.25, -0.2) is 14.6 Å². The minimum Gasteiger partial charge on any atom is -0.449 e. The van der Waals surface area contributed by atoms with Crippen molar-refractivity contribution in [1.29, 1.82) is 5.26 Å². The van der Waals surface area contributed by atoms with Gasteiger partial charge in [0.05, 0.1) is 34.3 Å². The highest BCUT2D eigenvalue weighted by Crippen LogP contribution is 2.40. The van der Waals surface area contributed by atoms with Crippen molar-refractivity contribution in [1.82, 2.24) is 20.2 Å². The summed E-state index contributed by atoms with van der Waals surface area (Å²) >= 11 is 1.38. The standard InChI is InChI=1S/C24H22N6O3S/c1-14-8-18(9-15(2)26-14)20-19(17-5-3-4-16(10-17)11-25)27-21(34-20)28-22(31)30-12-24(13-30)6-7-33-23(32)29-24/h3-5,8-10H,6-7,12-13H2,1-2H3,(H,29,32)(H,27,28,31). The van der Waals surface area contributed by atoms with Crippen LogP contribution in [-0.4, -0.2) is 52.2 Å². The van der Waals surface area contributed by atoms with Gasteiger partial charge in [0.25, 0.3) is 0 Å². The number of carbonyl (C=O) groups excluding carboxylic acids is 2. The Bertz CT molecular complexity index is 1320. The van der Waals surface area contributed by atoms with Crippen LogP contribution in [0, 0.1) is 25.2 Å². The van der Waals surface area contributed by atoms with Gasteiger partial charge in [0.15, 0.2) is 5.13 Å². The topological polar surface area (TPSA) is 120 Å². The molecule has 0 aliphatic carbocycles. The number of hydrogen-bond donors (Lipinski definition) is 2. The molecule has 34 heavy (non-hydrogen) atoms. The lowest BCUT2D eigenvalue weighted by atomic mass is 9.86. The molecule has 9 nitrogen and oxygen atoms in total. The van der Waals surface area contributed by atoms with E-state index >= 15 is 0 Å². The second-order valence-electron chi connectivity index (χ2n) is 8.61. The van der Waals surface area contributed by atoms with Crippen molar-refractivity contribution in [3.05, 3.63) is 53.3 Å². The summed E-state index contributed by atoms with van der Waals surface area (Å²) in [6.07, 6.45) is 0.229. The molecular formula is C24H22N6O3S. The van der Waals surface area contributed by atoms with Crippen molar-refractivity contribution in [3.63, 3.8) is 0 Å². The van der Waals surface area contributed by atoms with Crippen molar-refractivity contribution in [3.8, 4) is 27.8 Å². The molecule has 2 aromatic heterocycles. The number of benzene rings is 1. The van der Waals surface area contributed by atoms with Crippen LogP contribution >= 0.6 is 11.3 Å². The van der Waals surface area contributed by atoms with Crippen LogP contribution in [0.4, 0.5) is 14.7 Å². The minimum absolute atomic E-state index is 0.272. The number of alkyl carbamates (subject to hydrolysis) is 1. The molecule has 5 rings (SSSR count). The smallest absolute Gasteiger partial charge is 0.407 e. The first-order chi connectivity index (χ1) is 16.3. The van der Waals surface area contributed by atoms with E-state index in [4.69, 9.17) is 9.72 Å². The highest BCUT2D eigenvalue weighted by molar-refractivity contribution is 7.19. The Balaban J connectivity index is 1.43. The van der Waals surface area contributed by atoms with Gasteiger partial charge in [-0.15, -0.1) is 0 Å². The van der Waals surface area contributed by atoms with Gasteiger partial charge in [0.1, 0.15) is 0 Å². The summed E-state index contributed by atoms with van der Waals surface area (Å²) in [6.45, 7) is 5.07. The molecule has 0 atom stereocenters. The predicted octanol–water partition coefficient (Wildman–Crippen LogP) is 4.08. The van der Waals surface area contributed by atoms with E-state index in [1.807, 2.05) is 38.1 Å². The van der Waals surface area contributed by atoms with Gasteiger partial charge in [-0.2, -0.15) is 5.26 Å². The van der Waals surface area contributed by atoms with Crippen LogP contribution in [0.1, 0.15) is 23.4 Å². The average molecular weight is 475 g/mol. The Hall–Kier alpha value is -3.97. The Kier molecular flexibility index (Phi) is 5.42. The van der Waals surface area contributed by atoms with Gasteiger partial charge in [0.2, 0.25) is 0 Å². The van der Waals surface area contributed by atoms with Crippen LogP contribution in [0.3, 0.4) is 0 Å². The van der Waals surface area contributed by atoms with E-state index in [2.05, 4.69) is 21.7 Å². The van der Waals surface area contributed by atoms with Gasteiger partial charge >= 0.3 is 12.1 Å². The fourth-order valence-corrected chi connectivity index (χ4v) is 5.32. The molecule has 4 heterocycles. The second kappa shape index (κ2) is 8.43. The first-order valence-corrected chi connectivity index (χ1v) is 11.6. The second-order valence-corrected chi connectivity index (χ2v) is 9.60. The third kappa shape index (κ3) is 4.18. The van der Waals surface area contributed by atoms with Crippen LogP contribution < -0.4 is 10.6 Å². The zero-order valence-corrected chi connectivity index (χ0v) is 19.5. The number of hydrogen-bond acceptors (Lipinski definition) is 7. The molecule has 1 aromatic carbocycles. The Morgan fingerprint density at radius 1 is 1.21 bits per heavy atom. The number of thiazole rings is 1. The van der Waals surface area contributed by atoms with Crippen molar-refractivity contribution in [2.75, 3.05) is 25.0 Å². The Morgan fingerprint density at radius 3 is 2.68 bits per heavy atom. The fraction of sp³-hybridized carbons (Fsp3) is 0.292. The van der Waals surface area contributed by atoms with E-state index < -0.39 is 11.6 Å². The number of anilines is 1. The minimum atomic E-state index is -0.442. The highest BCUT2D eigenvalue weighted by Gasteiger charge is 2.48. The number of likely N-dealkylation sites (tertiary alicyclic amines) is 1. The molecule has 10 heteroatoms. The molecule has 3 aromatic rings. The van der Waals surface area contributed by atoms with E-state index in [1.165, 1.54) is 11.3 Å². The summed E-state index contributed by atoms with van der Waals surface area (Å²) in [5, 5.41) is 15.5. The molecule has 3 amide bonds. The summed E-state index contributed by atoms with van der Waals surface area (Å²) < 4.78 is 4.93. The molecule has 1 spiro atoms. The number of rotatable bonds is 3. The molecule has 172 valence electrons. The summed E-state index contributed by atoms with van der Waals surface area (Å²) in [5.41, 5.74) is 4.34. The lowest BCUT2D eigenvalue weighted by Gasteiger charge is -2.51. The summed E-state index contributed by atoms with van der Waals surface area (Å²) in [6, 6.07) is 13.1. The summed E-state index contributed by atoms with van der Waals surface area (Å²) in [5.74, 6) is 0. The van der Waals surface area contributed by atoms with E-state index in [0.29, 0.717) is 42.5 Å². The number of aromatic nitrogens is 2. The van der Waals surface area contributed by atoms with Gasteiger partial charge in [-0.1, -0.05) is 23.5 Å². The lowest BCUT2D eigenvalue weighted by molar-refractivity contribution is 0.0165. The third-order valence-corrected chi connectivity index (χ3v) is 6.92. The molecule has 2 fully saturated rings. The average Bonchev–Trinajstić information content (AvgIpc) is 3.20. The normalized spacial score (nSPS) is 16.3. The fourth-order valence-electron chi connectivity index (χ4n) is 4.36. The van der Waals surface area contributed by atoms with Crippen LogP contribution in [0.5, 0.6) is 0 Å². The molecule has 2 aliphatic rings. The predicted molar refractivity (Wildman–Crippen MR) is 127 cm³/mol. The van der Waals surface area contributed by atoms with Gasteiger partial charge in [-0.3, -0.25) is 10.3 Å². The number of nitriles is 1. The zero-order valence-electron chi connectivity index (χ0n) is 18.7. The third-order valence-electron chi connectivity index (χ3n) is 5.91. The van der Waals surface area contributed by atoms with Crippen molar-refractivity contribution < 1.29 is 14.3 Å². The summed E-state index contributed by atoms with van der Waals surface area (Å²) in [4.78, 5) is 36.2. The molecule has 2 saturated heterocycles. The largest absolute Gasteiger partial charge is 0.449 e.